The standard InChI is InChI=1S/C28H26Cl6O5/c1-28(38-14-18-5-8-21(31)11-24(18)34)26(37-13-17-4-7-20(30)10-23(17)33)25(39-27(28)35-2)15-36-12-16-3-6-19(29)9-22(16)32/h3-11,25-27H,12-15H2,1-2H3. The fraction of sp³-hybridized carbons (Fsp3) is 0.357. The van der Waals surface area contributed by atoms with Crippen LogP contribution in [0.2, 0.25) is 30.1 Å². The molecule has 11 heteroatoms. The molecule has 4 rings (SSSR count). The summed E-state index contributed by atoms with van der Waals surface area (Å²) in [7, 11) is 1.55. The van der Waals surface area contributed by atoms with Gasteiger partial charge in [0.2, 0.25) is 0 Å². The largest absolute Gasteiger partial charge is 0.374 e. The first-order valence-corrected chi connectivity index (χ1v) is 14.2. The van der Waals surface area contributed by atoms with Crippen LogP contribution >= 0.6 is 69.6 Å². The molecule has 39 heavy (non-hydrogen) atoms. The molecule has 0 bridgehead atoms. The fourth-order valence-electron chi connectivity index (χ4n) is 4.32. The number of benzene rings is 3. The third kappa shape index (κ3) is 7.73. The Bertz CT molecular complexity index is 1290. The molecule has 1 saturated heterocycles. The first-order valence-electron chi connectivity index (χ1n) is 11.9. The molecule has 5 nitrogen and oxygen atoms in total. The van der Waals surface area contributed by atoms with Gasteiger partial charge in [0.1, 0.15) is 17.8 Å². The van der Waals surface area contributed by atoms with E-state index < -0.39 is 24.1 Å². The maximum Gasteiger partial charge on any atom is 0.189 e. The van der Waals surface area contributed by atoms with Crippen LogP contribution in [0.15, 0.2) is 54.6 Å². The normalized spacial score (nSPS) is 22.9. The van der Waals surface area contributed by atoms with Crippen LogP contribution in [-0.2, 0) is 43.5 Å². The lowest BCUT2D eigenvalue weighted by atomic mass is 9.96. The van der Waals surface area contributed by atoms with E-state index in [0.717, 1.165) is 16.7 Å². The number of hydrogen-bond donors (Lipinski definition) is 0. The van der Waals surface area contributed by atoms with E-state index in [4.69, 9.17) is 93.3 Å². The second-order valence-corrected chi connectivity index (χ2v) is 11.7. The molecule has 0 radical (unpaired) electrons. The molecule has 3 aromatic carbocycles. The van der Waals surface area contributed by atoms with Crippen molar-refractivity contribution in [3.05, 3.63) is 101 Å². The average molecular weight is 655 g/mol. The molecule has 1 fully saturated rings. The van der Waals surface area contributed by atoms with Crippen molar-refractivity contribution >= 4 is 69.6 Å². The van der Waals surface area contributed by atoms with Crippen molar-refractivity contribution in [2.75, 3.05) is 13.7 Å². The summed E-state index contributed by atoms with van der Waals surface area (Å²) in [6.45, 7) is 2.65. The maximum absolute atomic E-state index is 6.43. The summed E-state index contributed by atoms with van der Waals surface area (Å²) in [6, 6.07) is 15.7. The number of rotatable bonds is 11. The SMILES string of the molecule is COC1OC(COCc2ccc(Cl)cc2Cl)C(OCc2ccc(Cl)cc2Cl)C1(C)OCc1ccc(Cl)cc1Cl. The molecular weight excluding hydrogens is 629 g/mol. The summed E-state index contributed by atoms with van der Waals surface area (Å²) in [5.74, 6) is 0. The third-order valence-corrected chi connectivity index (χ3v) is 8.19. The number of ether oxygens (including phenoxy) is 5. The summed E-state index contributed by atoms with van der Waals surface area (Å²) in [4.78, 5) is 0. The van der Waals surface area contributed by atoms with Gasteiger partial charge >= 0.3 is 0 Å². The van der Waals surface area contributed by atoms with Crippen LogP contribution in [0.3, 0.4) is 0 Å². The molecule has 0 aromatic heterocycles. The predicted octanol–water partition coefficient (Wildman–Crippen LogP) is 9.06. The van der Waals surface area contributed by atoms with Gasteiger partial charge in [-0.3, -0.25) is 0 Å². The fourth-order valence-corrected chi connectivity index (χ4v) is 5.71. The van der Waals surface area contributed by atoms with Crippen LogP contribution in [0.5, 0.6) is 0 Å². The Balaban J connectivity index is 1.54. The van der Waals surface area contributed by atoms with Crippen LogP contribution in [0.4, 0.5) is 0 Å². The zero-order valence-corrected chi connectivity index (χ0v) is 25.6. The second kappa shape index (κ2) is 13.9. The van der Waals surface area contributed by atoms with Crippen molar-refractivity contribution in [1.29, 1.82) is 0 Å². The van der Waals surface area contributed by atoms with Crippen LogP contribution in [-0.4, -0.2) is 37.8 Å². The number of halogens is 6. The molecule has 210 valence electrons. The molecule has 4 unspecified atom stereocenters. The second-order valence-electron chi connectivity index (χ2n) is 9.17. The van der Waals surface area contributed by atoms with E-state index in [1.54, 1.807) is 43.5 Å². The van der Waals surface area contributed by atoms with Crippen LogP contribution in [0, 0.1) is 0 Å². The number of hydrogen-bond acceptors (Lipinski definition) is 5. The van der Waals surface area contributed by atoms with E-state index in [2.05, 4.69) is 0 Å². The molecule has 0 N–H and O–H groups in total. The van der Waals surface area contributed by atoms with E-state index in [0.29, 0.717) is 30.1 Å². The topological polar surface area (TPSA) is 46.2 Å². The van der Waals surface area contributed by atoms with E-state index in [9.17, 15) is 0 Å². The Morgan fingerprint density at radius 1 is 0.718 bits per heavy atom. The van der Waals surface area contributed by atoms with Gasteiger partial charge < -0.3 is 23.7 Å². The molecule has 1 heterocycles. The highest BCUT2D eigenvalue weighted by molar-refractivity contribution is 6.36. The Morgan fingerprint density at radius 3 is 1.69 bits per heavy atom. The molecule has 0 saturated carbocycles. The van der Waals surface area contributed by atoms with Crippen molar-refractivity contribution in [2.45, 2.75) is 50.8 Å². The molecule has 3 aromatic rings. The van der Waals surface area contributed by atoms with Gasteiger partial charge in [0, 0.05) is 37.2 Å². The van der Waals surface area contributed by atoms with Crippen molar-refractivity contribution in [3.63, 3.8) is 0 Å². The van der Waals surface area contributed by atoms with E-state index >= 15 is 0 Å². The van der Waals surface area contributed by atoms with Crippen LogP contribution in [0.1, 0.15) is 23.6 Å². The minimum atomic E-state index is -1.04. The van der Waals surface area contributed by atoms with Gasteiger partial charge in [-0.2, -0.15) is 0 Å². The van der Waals surface area contributed by atoms with Crippen molar-refractivity contribution in [1.82, 2.24) is 0 Å². The molecular formula is C28H26Cl6O5. The van der Waals surface area contributed by atoms with Crippen LogP contribution in [0.25, 0.3) is 0 Å². The Hall–Kier alpha value is -0.800. The third-order valence-electron chi connectivity index (χ3n) is 6.43. The Labute approximate surface area is 258 Å². The lowest BCUT2D eigenvalue weighted by Crippen LogP contribution is -2.50. The molecule has 1 aliphatic rings. The van der Waals surface area contributed by atoms with Gasteiger partial charge in [-0.1, -0.05) is 87.8 Å². The monoisotopic (exact) mass is 652 g/mol. The lowest BCUT2D eigenvalue weighted by Gasteiger charge is -2.34. The minimum absolute atomic E-state index is 0.172. The zero-order chi connectivity index (χ0) is 28.2. The molecule has 0 amide bonds. The lowest BCUT2D eigenvalue weighted by molar-refractivity contribution is -0.216. The highest BCUT2D eigenvalue weighted by Gasteiger charge is 2.56. The zero-order valence-electron chi connectivity index (χ0n) is 21.1. The van der Waals surface area contributed by atoms with Gasteiger partial charge in [0.25, 0.3) is 0 Å². The van der Waals surface area contributed by atoms with Gasteiger partial charge in [-0.25, -0.2) is 0 Å². The Kier molecular flexibility index (Phi) is 11.1. The summed E-state index contributed by atoms with van der Waals surface area (Å²) < 4.78 is 30.8. The molecule has 1 aliphatic heterocycles. The summed E-state index contributed by atoms with van der Waals surface area (Å²) in [5, 5.41) is 3.12. The van der Waals surface area contributed by atoms with Crippen LogP contribution < -0.4 is 0 Å². The highest BCUT2D eigenvalue weighted by atomic mass is 35.5. The van der Waals surface area contributed by atoms with Crippen molar-refractivity contribution < 1.29 is 23.7 Å². The first-order chi connectivity index (χ1) is 18.6. The summed E-state index contributed by atoms with van der Waals surface area (Å²) in [6.07, 6.45) is -1.92. The van der Waals surface area contributed by atoms with Gasteiger partial charge in [0.05, 0.1) is 26.4 Å². The first kappa shape index (κ1) is 31.1. The van der Waals surface area contributed by atoms with Gasteiger partial charge in [-0.15, -0.1) is 0 Å². The maximum atomic E-state index is 6.43. The van der Waals surface area contributed by atoms with Crippen molar-refractivity contribution in [2.24, 2.45) is 0 Å². The van der Waals surface area contributed by atoms with Gasteiger partial charge in [0.15, 0.2) is 6.29 Å². The van der Waals surface area contributed by atoms with Gasteiger partial charge in [-0.05, 0) is 60.0 Å². The summed E-state index contributed by atoms with van der Waals surface area (Å²) in [5.41, 5.74) is 1.28. The predicted molar refractivity (Wildman–Crippen MR) is 156 cm³/mol. The molecule has 0 aliphatic carbocycles. The Morgan fingerprint density at radius 2 is 1.21 bits per heavy atom. The minimum Gasteiger partial charge on any atom is -0.374 e. The smallest absolute Gasteiger partial charge is 0.189 e. The number of methoxy groups -OCH3 is 1. The van der Waals surface area contributed by atoms with Crippen molar-refractivity contribution in [3.8, 4) is 0 Å². The average Bonchev–Trinajstić information content (AvgIpc) is 3.15. The van der Waals surface area contributed by atoms with E-state index in [1.807, 2.05) is 25.1 Å². The molecule has 4 atom stereocenters. The van der Waals surface area contributed by atoms with E-state index in [-0.39, 0.29) is 26.4 Å². The quantitative estimate of drug-likeness (QED) is 0.206. The summed E-state index contributed by atoms with van der Waals surface area (Å²) >= 11 is 37.2. The van der Waals surface area contributed by atoms with E-state index in [1.165, 1.54) is 0 Å². The molecule has 0 spiro atoms. The highest BCUT2D eigenvalue weighted by Crippen LogP contribution is 2.39.